The van der Waals surface area contributed by atoms with Gasteiger partial charge in [-0.15, -0.1) is 0 Å². The summed E-state index contributed by atoms with van der Waals surface area (Å²) in [6, 6.07) is 17.2. The third-order valence-corrected chi connectivity index (χ3v) is 5.92. The Labute approximate surface area is 169 Å². The average molecular weight is 413 g/mol. The van der Waals surface area contributed by atoms with E-state index in [1.807, 2.05) is 13.8 Å². The molecule has 0 radical (unpaired) electrons. The summed E-state index contributed by atoms with van der Waals surface area (Å²) in [6.07, 6.45) is 0. The number of ether oxygens (including phenoxy) is 1. The molecule has 0 unspecified atom stereocenters. The molecule has 3 aromatic carbocycles. The number of nitrogens with zero attached hydrogens (tertiary/aromatic N) is 1. The second kappa shape index (κ2) is 8.45. The van der Waals surface area contributed by atoms with Gasteiger partial charge >= 0.3 is 0 Å². The average Bonchev–Trinajstić information content (AvgIpc) is 2.70. The van der Waals surface area contributed by atoms with Crippen molar-refractivity contribution < 1.29 is 22.3 Å². The molecule has 0 aliphatic rings. The quantitative estimate of drug-likeness (QED) is 0.594. The first-order valence-electron chi connectivity index (χ1n) is 8.97. The summed E-state index contributed by atoms with van der Waals surface area (Å²) in [7, 11) is -4.24. The molecule has 150 valence electrons. The fraction of sp³-hybridized carbons (Fsp3) is 0.136. The van der Waals surface area contributed by atoms with Crippen molar-refractivity contribution in [1.29, 1.82) is 0 Å². The zero-order valence-electron chi connectivity index (χ0n) is 16.0. The van der Waals surface area contributed by atoms with Crippen LogP contribution in [0.5, 0.6) is 5.75 Å². The number of rotatable bonds is 6. The van der Waals surface area contributed by atoms with Gasteiger partial charge in [0.25, 0.3) is 15.9 Å². The van der Waals surface area contributed by atoms with Gasteiger partial charge in [-0.25, -0.2) is 12.8 Å². The minimum absolute atomic E-state index is 0.0401. The summed E-state index contributed by atoms with van der Waals surface area (Å²) in [5.41, 5.74) is 0.936. The van der Waals surface area contributed by atoms with Crippen LogP contribution in [-0.2, 0) is 10.0 Å². The van der Waals surface area contributed by atoms with Gasteiger partial charge in [0, 0.05) is 5.56 Å². The fourth-order valence-electron chi connectivity index (χ4n) is 2.76. The zero-order chi connectivity index (χ0) is 21.0. The normalized spacial score (nSPS) is 11.1. The van der Waals surface area contributed by atoms with Crippen molar-refractivity contribution in [3.63, 3.8) is 0 Å². The molecule has 0 aromatic heterocycles. The number of hydrogen-bond donors (Lipinski definition) is 0. The number of carbonyl (C=O) groups excluding carboxylic acids is 1. The summed E-state index contributed by atoms with van der Waals surface area (Å²) in [6.45, 7) is 4.11. The van der Waals surface area contributed by atoms with E-state index in [1.165, 1.54) is 42.5 Å². The predicted molar refractivity (Wildman–Crippen MR) is 109 cm³/mol. The highest BCUT2D eigenvalue weighted by molar-refractivity contribution is 7.93. The van der Waals surface area contributed by atoms with E-state index in [9.17, 15) is 17.6 Å². The molecule has 0 fully saturated rings. The van der Waals surface area contributed by atoms with Crippen LogP contribution in [0.2, 0.25) is 0 Å². The van der Waals surface area contributed by atoms with Crippen LogP contribution in [-0.4, -0.2) is 20.9 Å². The van der Waals surface area contributed by atoms with Crippen molar-refractivity contribution in [3.8, 4) is 5.75 Å². The highest BCUT2D eigenvalue weighted by Crippen LogP contribution is 2.28. The molecule has 5 nitrogen and oxygen atoms in total. The van der Waals surface area contributed by atoms with E-state index in [4.69, 9.17) is 4.74 Å². The number of carbonyl (C=O) groups is 1. The number of sulfonamides is 1. The third kappa shape index (κ3) is 4.46. The van der Waals surface area contributed by atoms with Crippen LogP contribution >= 0.6 is 0 Å². The van der Waals surface area contributed by atoms with E-state index in [0.29, 0.717) is 16.7 Å². The number of amides is 1. The summed E-state index contributed by atoms with van der Waals surface area (Å²) >= 11 is 0. The lowest BCUT2D eigenvalue weighted by atomic mass is 10.2. The fourth-order valence-corrected chi connectivity index (χ4v) is 4.18. The lowest BCUT2D eigenvalue weighted by molar-refractivity contribution is 0.100. The third-order valence-electron chi connectivity index (χ3n) is 4.20. The van der Waals surface area contributed by atoms with E-state index in [2.05, 4.69) is 0 Å². The largest absolute Gasteiger partial charge is 0.494 e. The van der Waals surface area contributed by atoms with Crippen LogP contribution in [0.15, 0.2) is 77.7 Å². The van der Waals surface area contributed by atoms with Crippen LogP contribution in [0.3, 0.4) is 0 Å². The maximum Gasteiger partial charge on any atom is 0.272 e. The Bertz CT molecular complexity index is 1110. The molecule has 0 aliphatic carbocycles. The van der Waals surface area contributed by atoms with Crippen LogP contribution < -0.4 is 9.04 Å². The number of benzene rings is 3. The molecule has 0 saturated carbocycles. The second-order valence-corrected chi connectivity index (χ2v) is 8.11. The molecule has 0 aliphatic heterocycles. The predicted octanol–water partition coefficient (Wildman–Crippen LogP) is 4.57. The summed E-state index contributed by atoms with van der Waals surface area (Å²) in [5, 5.41) is 0. The Morgan fingerprint density at radius 3 is 2.24 bits per heavy atom. The van der Waals surface area contributed by atoms with Gasteiger partial charge in [0.1, 0.15) is 11.6 Å². The molecular formula is C22H20FNO4S. The Morgan fingerprint density at radius 1 is 1.00 bits per heavy atom. The van der Waals surface area contributed by atoms with Gasteiger partial charge < -0.3 is 4.74 Å². The maximum absolute atomic E-state index is 13.7. The Kier molecular flexibility index (Phi) is 5.98. The molecule has 0 spiro atoms. The first-order chi connectivity index (χ1) is 13.8. The minimum atomic E-state index is -4.24. The number of hydrogen-bond acceptors (Lipinski definition) is 4. The van der Waals surface area contributed by atoms with Crippen LogP contribution in [0.25, 0.3) is 0 Å². The molecule has 0 N–H and O–H groups in total. The van der Waals surface area contributed by atoms with Crippen LogP contribution in [0.1, 0.15) is 22.8 Å². The van der Waals surface area contributed by atoms with Crippen molar-refractivity contribution in [3.05, 3.63) is 89.7 Å². The van der Waals surface area contributed by atoms with Gasteiger partial charge in [0.15, 0.2) is 0 Å². The Hall–Kier alpha value is -3.19. The van der Waals surface area contributed by atoms with E-state index < -0.39 is 21.7 Å². The first-order valence-corrected chi connectivity index (χ1v) is 10.4. The van der Waals surface area contributed by atoms with Crippen molar-refractivity contribution in [2.45, 2.75) is 18.7 Å². The van der Waals surface area contributed by atoms with Crippen molar-refractivity contribution in [1.82, 2.24) is 0 Å². The molecule has 0 heterocycles. The standard InChI is InChI=1S/C22H20FNO4S/c1-3-28-20-11-9-19(10-12-20)24(22(25)17-5-4-6-18(23)15-17)29(26,27)21-13-7-16(2)8-14-21/h4-15H,3H2,1-2H3. The highest BCUT2D eigenvalue weighted by atomic mass is 32.2. The van der Waals surface area contributed by atoms with Crippen LogP contribution in [0.4, 0.5) is 10.1 Å². The molecule has 7 heteroatoms. The smallest absolute Gasteiger partial charge is 0.272 e. The molecule has 0 saturated heterocycles. The summed E-state index contributed by atoms with van der Waals surface area (Å²) < 4.78 is 46.4. The first kappa shape index (κ1) is 20.5. The molecular weight excluding hydrogens is 393 g/mol. The molecule has 0 atom stereocenters. The Morgan fingerprint density at radius 2 is 1.66 bits per heavy atom. The monoisotopic (exact) mass is 413 g/mol. The van der Waals surface area contributed by atoms with E-state index in [0.717, 1.165) is 11.6 Å². The number of halogens is 1. The van der Waals surface area contributed by atoms with Gasteiger partial charge in [0.05, 0.1) is 17.2 Å². The van der Waals surface area contributed by atoms with E-state index in [1.54, 1.807) is 24.3 Å². The van der Waals surface area contributed by atoms with Gasteiger partial charge in [0.2, 0.25) is 0 Å². The summed E-state index contributed by atoms with van der Waals surface area (Å²) in [5.74, 6) is -0.938. The highest BCUT2D eigenvalue weighted by Gasteiger charge is 2.32. The second-order valence-electron chi connectivity index (χ2n) is 6.32. The van der Waals surface area contributed by atoms with Gasteiger partial charge in [-0.1, -0.05) is 23.8 Å². The van der Waals surface area contributed by atoms with Gasteiger partial charge in [-0.3, -0.25) is 4.79 Å². The van der Waals surface area contributed by atoms with Gasteiger partial charge in [-0.05, 0) is 68.4 Å². The van der Waals surface area contributed by atoms with E-state index in [-0.39, 0.29) is 16.1 Å². The zero-order valence-corrected chi connectivity index (χ0v) is 16.8. The SMILES string of the molecule is CCOc1ccc(N(C(=O)c2cccc(F)c2)S(=O)(=O)c2ccc(C)cc2)cc1. The lowest BCUT2D eigenvalue weighted by Gasteiger charge is -2.23. The topological polar surface area (TPSA) is 63.7 Å². The van der Waals surface area contributed by atoms with Crippen LogP contribution in [0, 0.1) is 12.7 Å². The molecule has 29 heavy (non-hydrogen) atoms. The number of aryl methyl sites for hydroxylation is 1. The maximum atomic E-state index is 13.7. The molecule has 3 rings (SSSR count). The van der Waals surface area contributed by atoms with Crippen molar-refractivity contribution in [2.24, 2.45) is 0 Å². The van der Waals surface area contributed by atoms with E-state index >= 15 is 0 Å². The van der Waals surface area contributed by atoms with Crippen molar-refractivity contribution in [2.75, 3.05) is 10.9 Å². The molecule has 0 bridgehead atoms. The lowest BCUT2D eigenvalue weighted by Crippen LogP contribution is -2.37. The Balaban J connectivity index is 2.12. The van der Waals surface area contributed by atoms with Crippen molar-refractivity contribution >= 4 is 21.6 Å². The number of anilines is 1. The van der Waals surface area contributed by atoms with Gasteiger partial charge in [-0.2, -0.15) is 4.31 Å². The minimum Gasteiger partial charge on any atom is -0.494 e. The molecule has 1 amide bonds. The summed E-state index contributed by atoms with van der Waals surface area (Å²) in [4.78, 5) is 13.1. The molecule has 3 aromatic rings.